The first-order valence-corrected chi connectivity index (χ1v) is 9.54. The van der Waals surface area contributed by atoms with Gasteiger partial charge in [0.1, 0.15) is 0 Å². The van der Waals surface area contributed by atoms with Crippen molar-refractivity contribution in [2.45, 2.75) is 63.6 Å². The SMILES string of the molecule is CC1NNC(C)C1c1cccc(C(=O)N(C)CCC2CCCCO2)c1. The minimum absolute atomic E-state index is 0.0943. The number of nitrogens with one attached hydrogen (secondary N) is 2. The van der Waals surface area contributed by atoms with E-state index < -0.39 is 0 Å². The first kappa shape index (κ1) is 18.4. The second-order valence-electron chi connectivity index (χ2n) is 7.52. The Balaban J connectivity index is 1.62. The summed E-state index contributed by atoms with van der Waals surface area (Å²) < 4.78 is 5.77. The van der Waals surface area contributed by atoms with Crippen molar-refractivity contribution in [3.8, 4) is 0 Å². The van der Waals surface area contributed by atoms with Gasteiger partial charge in [0.25, 0.3) is 5.91 Å². The molecule has 138 valence electrons. The van der Waals surface area contributed by atoms with Crippen LogP contribution >= 0.6 is 0 Å². The maximum atomic E-state index is 12.8. The Hall–Kier alpha value is -1.43. The Morgan fingerprint density at radius 2 is 2.00 bits per heavy atom. The molecule has 0 aromatic heterocycles. The fraction of sp³-hybridized carbons (Fsp3) is 0.650. The van der Waals surface area contributed by atoms with Gasteiger partial charge in [0.2, 0.25) is 0 Å². The third-order valence-electron chi connectivity index (χ3n) is 5.54. The van der Waals surface area contributed by atoms with Crippen molar-refractivity contribution in [3.05, 3.63) is 35.4 Å². The lowest BCUT2D eigenvalue weighted by Crippen LogP contribution is -2.31. The third-order valence-corrected chi connectivity index (χ3v) is 5.54. The normalized spacial score (nSPS) is 29.6. The van der Waals surface area contributed by atoms with E-state index in [2.05, 4.69) is 36.8 Å². The van der Waals surface area contributed by atoms with Crippen LogP contribution in [0.15, 0.2) is 24.3 Å². The number of hydrogen-bond acceptors (Lipinski definition) is 4. The molecule has 3 rings (SSSR count). The molecule has 0 aliphatic carbocycles. The highest BCUT2D eigenvalue weighted by molar-refractivity contribution is 5.94. The molecule has 5 nitrogen and oxygen atoms in total. The second kappa shape index (κ2) is 8.30. The monoisotopic (exact) mass is 345 g/mol. The van der Waals surface area contributed by atoms with Crippen molar-refractivity contribution in [2.75, 3.05) is 20.2 Å². The van der Waals surface area contributed by atoms with Crippen molar-refractivity contribution in [1.82, 2.24) is 15.8 Å². The van der Waals surface area contributed by atoms with E-state index in [1.807, 2.05) is 24.1 Å². The summed E-state index contributed by atoms with van der Waals surface area (Å²) in [6, 6.07) is 8.80. The van der Waals surface area contributed by atoms with Gasteiger partial charge in [0.05, 0.1) is 6.10 Å². The molecule has 3 atom stereocenters. The molecule has 2 N–H and O–H groups in total. The van der Waals surface area contributed by atoms with E-state index in [0.717, 1.165) is 31.6 Å². The van der Waals surface area contributed by atoms with Crippen LogP contribution < -0.4 is 10.9 Å². The van der Waals surface area contributed by atoms with E-state index >= 15 is 0 Å². The molecule has 25 heavy (non-hydrogen) atoms. The molecule has 0 bridgehead atoms. The molecule has 3 unspecified atom stereocenters. The topological polar surface area (TPSA) is 53.6 Å². The molecule has 2 aliphatic rings. The molecule has 2 heterocycles. The lowest BCUT2D eigenvalue weighted by atomic mass is 9.88. The summed E-state index contributed by atoms with van der Waals surface area (Å²) in [7, 11) is 1.89. The standard InChI is InChI=1S/C20H31N3O2/c1-14-19(15(2)22-21-14)16-7-6-8-17(13-16)20(24)23(3)11-10-18-9-4-5-12-25-18/h6-8,13-15,18-19,21-22H,4-5,9-12H2,1-3H3. The van der Waals surface area contributed by atoms with Crippen LogP contribution in [0.2, 0.25) is 0 Å². The molecule has 0 radical (unpaired) electrons. The van der Waals surface area contributed by atoms with Gasteiger partial charge in [-0.2, -0.15) is 0 Å². The number of nitrogens with zero attached hydrogens (tertiary/aromatic N) is 1. The molecular formula is C20H31N3O2. The Bertz CT molecular complexity index is 576. The van der Waals surface area contributed by atoms with Crippen molar-refractivity contribution in [2.24, 2.45) is 0 Å². The summed E-state index contributed by atoms with van der Waals surface area (Å²) in [4.78, 5) is 14.6. The first-order chi connectivity index (χ1) is 12.1. The van der Waals surface area contributed by atoms with E-state index in [1.165, 1.54) is 18.4 Å². The second-order valence-corrected chi connectivity index (χ2v) is 7.52. The van der Waals surface area contributed by atoms with Gasteiger partial charge in [-0.15, -0.1) is 0 Å². The highest BCUT2D eigenvalue weighted by atomic mass is 16.5. The number of rotatable bonds is 5. The lowest BCUT2D eigenvalue weighted by Gasteiger charge is -2.25. The summed E-state index contributed by atoms with van der Waals surface area (Å²) in [5.74, 6) is 0.463. The molecule has 2 fully saturated rings. The zero-order valence-electron chi connectivity index (χ0n) is 15.6. The quantitative estimate of drug-likeness (QED) is 0.861. The van der Waals surface area contributed by atoms with Crippen molar-refractivity contribution in [3.63, 3.8) is 0 Å². The van der Waals surface area contributed by atoms with Crippen LogP contribution in [0.4, 0.5) is 0 Å². The fourth-order valence-electron chi connectivity index (χ4n) is 4.03. The fourth-order valence-corrected chi connectivity index (χ4v) is 4.03. The summed E-state index contributed by atoms with van der Waals surface area (Å²) >= 11 is 0. The van der Waals surface area contributed by atoms with Crippen LogP contribution in [0.5, 0.6) is 0 Å². The average molecular weight is 345 g/mol. The molecule has 5 heteroatoms. The van der Waals surface area contributed by atoms with Crippen LogP contribution in [0.1, 0.15) is 61.4 Å². The van der Waals surface area contributed by atoms with Gasteiger partial charge in [-0.25, -0.2) is 0 Å². The minimum atomic E-state index is 0.0943. The lowest BCUT2D eigenvalue weighted by molar-refractivity contribution is 0.00709. The highest BCUT2D eigenvalue weighted by Crippen LogP contribution is 2.27. The summed E-state index contributed by atoms with van der Waals surface area (Å²) in [6.07, 6.45) is 4.76. The minimum Gasteiger partial charge on any atom is -0.378 e. The highest BCUT2D eigenvalue weighted by Gasteiger charge is 2.31. The molecule has 1 aromatic rings. The van der Waals surface area contributed by atoms with E-state index in [4.69, 9.17) is 4.74 Å². The molecule has 2 saturated heterocycles. The van der Waals surface area contributed by atoms with Crippen molar-refractivity contribution < 1.29 is 9.53 Å². The number of amides is 1. The molecule has 0 spiro atoms. The predicted octanol–water partition coefficient (Wildman–Crippen LogP) is 2.69. The number of carbonyl (C=O) groups is 1. The summed E-state index contributed by atoms with van der Waals surface area (Å²) in [5, 5.41) is 0. The van der Waals surface area contributed by atoms with Crippen molar-refractivity contribution >= 4 is 5.91 Å². The van der Waals surface area contributed by atoms with Crippen LogP contribution in [0, 0.1) is 0 Å². The van der Waals surface area contributed by atoms with Gasteiger partial charge in [0, 0.05) is 43.8 Å². The zero-order valence-corrected chi connectivity index (χ0v) is 15.6. The summed E-state index contributed by atoms with van der Waals surface area (Å²) in [6.45, 7) is 5.95. The third kappa shape index (κ3) is 4.40. The van der Waals surface area contributed by atoms with Gasteiger partial charge in [-0.3, -0.25) is 15.6 Å². The van der Waals surface area contributed by atoms with Crippen LogP contribution in [0.25, 0.3) is 0 Å². The van der Waals surface area contributed by atoms with Gasteiger partial charge in [-0.05, 0) is 57.2 Å². The van der Waals surface area contributed by atoms with Crippen LogP contribution in [-0.2, 0) is 4.74 Å². The Kier molecular flexibility index (Phi) is 6.10. The number of hydrogen-bond donors (Lipinski definition) is 2. The number of ether oxygens (including phenoxy) is 1. The molecule has 1 aromatic carbocycles. The number of carbonyl (C=O) groups excluding carboxylic acids is 1. The Morgan fingerprint density at radius 1 is 1.24 bits per heavy atom. The average Bonchev–Trinajstić information content (AvgIpc) is 2.98. The van der Waals surface area contributed by atoms with Gasteiger partial charge >= 0.3 is 0 Å². The van der Waals surface area contributed by atoms with E-state index in [1.54, 1.807) is 0 Å². The molecule has 2 aliphatic heterocycles. The maximum absolute atomic E-state index is 12.8. The first-order valence-electron chi connectivity index (χ1n) is 9.54. The molecular weight excluding hydrogens is 314 g/mol. The van der Waals surface area contributed by atoms with Crippen LogP contribution in [-0.4, -0.2) is 49.2 Å². The number of benzene rings is 1. The van der Waals surface area contributed by atoms with Crippen LogP contribution in [0.3, 0.4) is 0 Å². The van der Waals surface area contributed by atoms with Gasteiger partial charge in [-0.1, -0.05) is 12.1 Å². The van der Waals surface area contributed by atoms with Crippen molar-refractivity contribution in [1.29, 1.82) is 0 Å². The summed E-state index contributed by atoms with van der Waals surface area (Å²) in [5.41, 5.74) is 8.56. The smallest absolute Gasteiger partial charge is 0.253 e. The van der Waals surface area contributed by atoms with E-state index in [9.17, 15) is 4.79 Å². The molecule has 1 amide bonds. The Morgan fingerprint density at radius 3 is 2.68 bits per heavy atom. The van der Waals surface area contributed by atoms with E-state index in [0.29, 0.717) is 24.1 Å². The van der Waals surface area contributed by atoms with E-state index in [-0.39, 0.29) is 5.91 Å². The molecule has 0 saturated carbocycles. The Labute approximate surface area is 151 Å². The van der Waals surface area contributed by atoms with Gasteiger partial charge < -0.3 is 9.64 Å². The largest absolute Gasteiger partial charge is 0.378 e. The predicted molar refractivity (Wildman–Crippen MR) is 99.5 cm³/mol. The van der Waals surface area contributed by atoms with Gasteiger partial charge in [0.15, 0.2) is 0 Å². The number of hydrazine groups is 1. The zero-order chi connectivity index (χ0) is 17.8. The maximum Gasteiger partial charge on any atom is 0.253 e.